The van der Waals surface area contributed by atoms with Crippen molar-refractivity contribution in [3.05, 3.63) is 42.0 Å². The number of methoxy groups -OCH3 is 1. The smallest absolute Gasteiger partial charge is 0.243 e. The third-order valence-electron chi connectivity index (χ3n) is 2.35. The van der Waals surface area contributed by atoms with Gasteiger partial charge in [-0.3, -0.25) is 4.79 Å². The molecule has 0 radical (unpaired) electrons. The Morgan fingerprint density at radius 3 is 2.65 bits per heavy atom. The van der Waals surface area contributed by atoms with Gasteiger partial charge in [-0.25, -0.2) is 0 Å². The number of carbonyl (C=O) groups excluding carboxylic acids is 1. The normalized spacial score (nSPS) is 10.5. The molecule has 0 fully saturated rings. The maximum absolute atomic E-state index is 11.4. The zero-order chi connectivity index (χ0) is 12.5. The molecular weight excluding hydrogens is 214 g/mol. The van der Waals surface area contributed by atoms with Gasteiger partial charge < -0.3 is 10.1 Å². The Hall–Kier alpha value is -1.77. The highest BCUT2D eigenvalue weighted by Gasteiger charge is 1.97. The van der Waals surface area contributed by atoms with Crippen molar-refractivity contribution in [1.82, 2.24) is 5.32 Å². The average molecular weight is 233 g/mol. The number of ether oxygens (including phenoxy) is 1. The van der Waals surface area contributed by atoms with Crippen molar-refractivity contribution in [3.63, 3.8) is 0 Å². The molecule has 0 heterocycles. The third-order valence-corrected chi connectivity index (χ3v) is 2.35. The highest BCUT2D eigenvalue weighted by molar-refractivity contribution is 5.87. The lowest BCUT2D eigenvalue weighted by Gasteiger charge is -2.04. The number of hydrogen-bond donors (Lipinski definition) is 1. The van der Waals surface area contributed by atoms with Crippen molar-refractivity contribution in [1.29, 1.82) is 0 Å². The molecule has 0 aliphatic heterocycles. The molecule has 0 spiro atoms. The first kappa shape index (κ1) is 13.3. The van der Waals surface area contributed by atoms with E-state index in [-0.39, 0.29) is 5.91 Å². The van der Waals surface area contributed by atoms with Crippen molar-refractivity contribution in [2.24, 2.45) is 0 Å². The van der Waals surface area contributed by atoms with Crippen LogP contribution in [-0.4, -0.2) is 13.0 Å². The first-order chi connectivity index (χ1) is 8.26. The first-order valence-corrected chi connectivity index (χ1v) is 5.83. The van der Waals surface area contributed by atoms with E-state index in [1.54, 1.807) is 13.2 Å². The number of nitrogens with one attached hydrogen (secondary N) is 1. The average Bonchev–Trinajstić information content (AvgIpc) is 2.37. The van der Waals surface area contributed by atoms with Crippen molar-refractivity contribution < 1.29 is 9.53 Å². The van der Waals surface area contributed by atoms with Gasteiger partial charge in [0.1, 0.15) is 5.75 Å². The fourth-order valence-corrected chi connectivity index (χ4v) is 1.35. The second-order valence-electron chi connectivity index (χ2n) is 3.76. The number of benzene rings is 1. The van der Waals surface area contributed by atoms with E-state index in [9.17, 15) is 4.79 Å². The molecule has 0 atom stereocenters. The fourth-order valence-electron chi connectivity index (χ4n) is 1.35. The fraction of sp³-hybridized carbons (Fsp3) is 0.357. The zero-order valence-electron chi connectivity index (χ0n) is 10.4. The standard InChI is InChI=1S/C14H19NO2/c1-3-4-5-6-14(16)15-11-12-7-9-13(17-2)10-8-12/h5-10H,3-4,11H2,1-2H3,(H,15,16). The lowest BCUT2D eigenvalue weighted by Crippen LogP contribution is -2.20. The Bertz CT molecular complexity index is 368. The first-order valence-electron chi connectivity index (χ1n) is 5.83. The second kappa shape index (κ2) is 7.49. The molecule has 92 valence electrons. The predicted octanol–water partition coefficient (Wildman–Crippen LogP) is 2.67. The molecule has 3 nitrogen and oxygen atoms in total. The van der Waals surface area contributed by atoms with Crippen LogP contribution in [0.2, 0.25) is 0 Å². The maximum Gasteiger partial charge on any atom is 0.243 e. The van der Waals surface area contributed by atoms with Crippen LogP contribution in [0.25, 0.3) is 0 Å². The van der Waals surface area contributed by atoms with E-state index in [0.717, 1.165) is 24.2 Å². The van der Waals surface area contributed by atoms with Gasteiger partial charge >= 0.3 is 0 Å². The maximum atomic E-state index is 11.4. The largest absolute Gasteiger partial charge is 0.497 e. The van der Waals surface area contributed by atoms with Gasteiger partial charge in [-0.15, -0.1) is 0 Å². The number of hydrogen-bond acceptors (Lipinski definition) is 2. The number of unbranched alkanes of at least 4 members (excludes halogenated alkanes) is 1. The highest BCUT2D eigenvalue weighted by Crippen LogP contribution is 2.10. The summed E-state index contributed by atoms with van der Waals surface area (Å²) in [5.74, 6) is 0.775. The topological polar surface area (TPSA) is 38.3 Å². The Morgan fingerprint density at radius 1 is 1.35 bits per heavy atom. The summed E-state index contributed by atoms with van der Waals surface area (Å²) in [5, 5.41) is 2.83. The molecule has 1 aromatic carbocycles. The zero-order valence-corrected chi connectivity index (χ0v) is 10.4. The summed E-state index contributed by atoms with van der Waals surface area (Å²) in [5.41, 5.74) is 1.06. The van der Waals surface area contributed by atoms with E-state index in [1.807, 2.05) is 30.3 Å². The quantitative estimate of drug-likeness (QED) is 0.767. The number of amides is 1. The van der Waals surface area contributed by atoms with Crippen LogP contribution in [0.3, 0.4) is 0 Å². The van der Waals surface area contributed by atoms with Crippen molar-refractivity contribution in [2.45, 2.75) is 26.3 Å². The Morgan fingerprint density at radius 2 is 2.06 bits per heavy atom. The van der Waals surface area contributed by atoms with Crippen molar-refractivity contribution in [2.75, 3.05) is 7.11 Å². The molecule has 3 heteroatoms. The minimum absolute atomic E-state index is 0.0470. The second-order valence-corrected chi connectivity index (χ2v) is 3.76. The van der Waals surface area contributed by atoms with Gasteiger partial charge in [0.15, 0.2) is 0 Å². The minimum Gasteiger partial charge on any atom is -0.497 e. The summed E-state index contributed by atoms with van der Waals surface area (Å²) in [6.07, 6.45) is 5.48. The third kappa shape index (κ3) is 5.20. The van der Waals surface area contributed by atoms with Gasteiger partial charge in [-0.1, -0.05) is 31.6 Å². The highest BCUT2D eigenvalue weighted by atomic mass is 16.5. The summed E-state index contributed by atoms with van der Waals surface area (Å²) in [4.78, 5) is 11.4. The van der Waals surface area contributed by atoms with E-state index in [2.05, 4.69) is 12.2 Å². The molecule has 0 aromatic heterocycles. The monoisotopic (exact) mass is 233 g/mol. The number of allylic oxidation sites excluding steroid dienone is 1. The molecule has 0 aliphatic carbocycles. The molecular formula is C14H19NO2. The summed E-state index contributed by atoms with van der Waals surface area (Å²) < 4.78 is 5.06. The summed E-state index contributed by atoms with van der Waals surface area (Å²) in [6.45, 7) is 2.62. The van der Waals surface area contributed by atoms with E-state index < -0.39 is 0 Å². The van der Waals surface area contributed by atoms with Crippen LogP contribution in [0.15, 0.2) is 36.4 Å². The van der Waals surface area contributed by atoms with Crippen LogP contribution in [0.5, 0.6) is 5.75 Å². The van der Waals surface area contributed by atoms with E-state index in [4.69, 9.17) is 4.74 Å². The van der Waals surface area contributed by atoms with Gasteiger partial charge in [0, 0.05) is 6.54 Å². The number of carbonyl (C=O) groups is 1. The number of rotatable bonds is 6. The van der Waals surface area contributed by atoms with Crippen LogP contribution in [-0.2, 0) is 11.3 Å². The lowest BCUT2D eigenvalue weighted by molar-refractivity contribution is -0.116. The minimum atomic E-state index is -0.0470. The van der Waals surface area contributed by atoms with Crippen LogP contribution in [0.1, 0.15) is 25.3 Å². The van der Waals surface area contributed by atoms with E-state index in [0.29, 0.717) is 6.54 Å². The molecule has 1 N–H and O–H groups in total. The molecule has 0 aliphatic rings. The van der Waals surface area contributed by atoms with E-state index >= 15 is 0 Å². The summed E-state index contributed by atoms with van der Waals surface area (Å²) in [7, 11) is 1.63. The Kier molecular flexibility index (Phi) is 5.86. The molecule has 0 unspecified atom stereocenters. The van der Waals surface area contributed by atoms with Crippen molar-refractivity contribution >= 4 is 5.91 Å². The lowest BCUT2D eigenvalue weighted by atomic mass is 10.2. The van der Waals surface area contributed by atoms with Crippen molar-refractivity contribution in [3.8, 4) is 5.75 Å². The van der Waals surface area contributed by atoms with Gasteiger partial charge in [0.05, 0.1) is 7.11 Å². The molecule has 0 saturated carbocycles. The molecule has 1 rings (SSSR count). The summed E-state index contributed by atoms with van der Waals surface area (Å²) in [6, 6.07) is 7.65. The van der Waals surface area contributed by atoms with Crippen LogP contribution >= 0.6 is 0 Å². The Balaban J connectivity index is 2.36. The van der Waals surface area contributed by atoms with Gasteiger partial charge in [0.25, 0.3) is 0 Å². The SMILES string of the molecule is CCCC=CC(=O)NCc1ccc(OC)cc1. The summed E-state index contributed by atoms with van der Waals surface area (Å²) >= 11 is 0. The molecule has 1 aromatic rings. The predicted molar refractivity (Wildman–Crippen MR) is 68.9 cm³/mol. The molecule has 0 saturated heterocycles. The van der Waals surface area contributed by atoms with Gasteiger partial charge in [-0.2, -0.15) is 0 Å². The Labute approximate surface area is 102 Å². The van der Waals surface area contributed by atoms with Gasteiger partial charge in [0.2, 0.25) is 5.91 Å². The van der Waals surface area contributed by atoms with Gasteiger partial charge in [-0.05, 0) is 30.2 Å². The molecule has 1 amide bonds. The van der Waals surface area contributed by atoms with Crippen LogP contribution in [0, 0.1) is 0 Å². The van der Waals surface area contributed by atoms with E-state index in [1.165, 1.54) is 0 Å². The van der Waals surface area contributed by atoms with Crippen LogP contribution < -0.4 is 10.1 Å². The van der Waals surface area contributed by atoms with Crippen LogP contribution in [0.4, 0.5) is 0 Å². The molecule has 0 bridgehead atoms. The molecule has 17 heavy (non-hydrogen) atoms.